The summed E-state index contributed by atoms with van der Waals surface area (Å²) in [5.41, 5.74) is 0.575. The first-order valence-electron chi connectivity index (χ1n) is 9.45. The number of hydrogen-bond donors (Lipinski definition) is 0. The molecule has 0 saturated carbocycles. The van der Waals surface area contributed by atoms with Crippen LogP contribution < -0.4 is 5.56 Å². The number of benzene rings is 2. The molecule has 0 unspecified atom stereocenters. The van der Waals surface area contributed by atoms with Crippen LogP contribution in [0.25, 0.3) is 39.5 Å². The van der Waals surface area contributed by atoms with E-state index in [4.69, 9.17) is 9.26 Å². The quantitative estimate of drug-likeness (QED) is 0.415. The predicted molar refractivity (Wildman–Crippen MR) is 107 cm³/mol. The van der Waals surface area contributed by atoms with Crippen LogP contribution in [0.15, 0.2) is 52.0 Å². The Morgan fingerprint density at radius 3 is 2.62 bits per heavy atom. The minimum absolute atomic E-state index is 0.0527. The van der Waals surface area contributed by atoms with Crippen LogP contribution in [0.4, 0.5) is 13.2 Å². The summed E-state index contributed by atoms with van der Waals surface area (Å²) in [6, 6.07) is 7.00. The molecule has 3 heterocycles. The summed E-state index contributed by atoms with van der Waals surface area (Å²) in [4.78, 5) is 21.7. The van der Waals surface area contributed by atoms with Crippen LogP contribution >= 0.6 is 0 Å². The van der Waals surface area contributed by atoms with Gasteiger partial charge in [0.2, 0.25) is 5.82 Å². The third-order valence-electron chi connectivity index (χ3n) is 5.02. The first-order valence-corrected chi connectivity index (χ1v) is 9.45. The molecule has 5 rings (SSSR count). The van der Waals surface area contributed by atoms with Gasteiger partial charge in [-0.05, 0) is 30.3 Å². The average molecular weight is 441 g/mol. The maximum absolute atomic E-state index is 14.1. The molecule has 3 aromatic heterocycles. The molecule has 0 spiro atoms. The topological polar surface area (TPSA) is 87.5 Å². The van der Waals surface area contributed by atoms with Crippen molar-refractivity contribution in [1.82, 2.24) is 24.1 Å². The maximum atomic E-state index is 14.1. The van der Waals surface area contributed by atoms with Crippen molar-refractivity contribution >= 4 is 16.6 Å². The second kappa shape index (κ2) is 7.61. The number of methoxy groups -OCH3 is 1. The van der Waals surface area contributed by atoms with Gasteiger partial charge in [0.05, 0.1) is 23.2 Å². The highest BCUT2D eigenvalue weighted by molar-refractivity contribution is 5.83. The number of fused-ring (bicyclic) bond motifs is 3. The monoisotopic (exact) mass is 441 g/mol. The molecular formula is C21H14F3N5O3. The van der Waals surface area contributed by atoms with E-state index in [2.05, 4.69) is 15.1 Å². The van der Waals surface area contributed by atoms with Crippen LogP contribution in [0.3, 0.4) is 0 Å². The molecule has 8 nitrogen and oxygen atoms in total. The molecule has 0 atom stereocenters. The summed E-state index contributed by atoms with van der Waals surface area (Å²) in [7, 11) is 1.49. The maximum Gasteiger partial charge on any atom is 0.277 e. The molecule has 0 aliphatic carbocycles. The van der Waals surface area contributed by atoms with E-state index in [1.165, 1.54) is 46.7 Å². The Bertz CT molecular complexity index is 1540. The van der Waals surface area contributed by atoms with Gasteiger partial charge in [-0.2, -0.15) is 4.98 Å². The Labute approximate surface area is 177 Å². The van der Waals surface area contributed by atoms with Gasteiger partial charge in [-0.1, -0.05) is 5.16 Å². The lowest BCUT2D eigenvalue weighted by molar-refractivity contribution is 0.187. The molecule has 0 aliphatic rings. The van der Waals surface area contributed by atoms with E-state index in [0.717, 1.165) is 6.07 Å². The van der Waals surface area contributed by atoms with E-state index < -0.39 is 23.0 Å². The summed E-state index contributed by atoms with van der Waals surface area (Å²) in [5, 5.41) is 3.82. The van der Waals surface area contributed by atoms with Gasteiger partial charge < -0.3 is 13.8 Å². The van der Waals surface area contributed by atoms with Gasteiger partial charge in [0.25, 0.3) is 11.4 Å². The molecule has 0 bridgehead atoms. The lowest BCUT2D eigenvalue weighted by atomic mass is 10.2. The molecule has 0 N–H and O–H groups in total. The van der Waals surface area contributed by atoms with Gasteiger partial charge in [0.15, 0.2) is 0 Å². The van der Waals surface area contributed by atoms with Crippen molar-refractivity contribution in [1.29, 1.82) is 0 Å². The highest BCUT2D eigenvalue weighted by Crippen LogP contribution is 2.27. The Kier molecular flexibility index (Phi) is 4.74. The van der Waals surface area contributed by atoms with Crippen molar-refractivity contribution in [3.05, 3.63) is 70.5 Å². The highest BCUT2D eigenvalue weighted by Gasteiger charge is 2.22. The highest BCUT2D eigenvalue weighted by atomic mass is 19.1. The van der Waals surface area contributed by atoms with Crippen molar-refractivity contribution in [3.8, 4) is 23.0 Å². The van der Waals surface area contributed by atoms with Crippen LogP contribution in [-0.2, 0) is 11.3 Å². The summed E-state index contributed by atoms with van der Waals surface area (Å²) >= 11 is 0. The fourth-order valence-electron chi connectivity index (χ4n) is 3.55. The first-order chi connectivity index (χ1) is 15.5. The fourth-order valence-corrected chi connectivity index (χ4v) is 3.55. The normalized spacial score (nSPS) is 11.6. The van der Waals surface area contributed by atoms with Crippen molar-refractivity contribution in [2.24, 2.45) is 0 Å². The Hall–Kier alpha value is -3.99. The number of hydrogen-bond acceptors (Lipinski definition) is 6. The summed E-state index contributed by atoms with van der Waals surface area (Å²) < 4.78 is 54.3. The molecular weight excluding hydrogens is 427 g/mol. The molecule has 0 fully saturated rings. The van der Waals surface area contributed by atoms with Gasteiger partial charge in [0, 0.05) is 19.7 Å². The molecule has 0 aliphatic heterocycles. The predicted octanol–water partition coefficient (Wildman–Crippen LogP) is 3.43. The second-order valence-electron chi connectivity index (χ2n) is 6.94. The van der Waals surface area contributed by atoms with Gasteiger partial charge in [-0.25, -0.2) is 18.2 Å². The van der Waals surface area contributed by atoms with E-state index in [0.29, 0.717) is 17.1 Å². The Balaban J connectivity index is 1.72. The van der Waals surface area contributed by atoms with Crippen molar-refractivity contribution in [2.75, 3.05) is 13.7 Å². The second-order valence-corrected chi connectivity index (χ2v) is 6.94. The van der Waals surface area contributed by atoms with E-state index in [-0.39, 0.29) is 41.6 Å². The standard InChI is InChI=1S/C21H14F3N5O3/c1-31-7-6-28-16-9-12(23)3-5-15(16)29-10-25-17(18(29)21(28)30)19-26-20(32-27-19)13-4-2-11(22)8-14(13)24/h2-5,8-10H,6-7H2,1H3. The number of ether oxygens (including phenoxy) is 1. The zero-order valence-electron chi connectivity index (χ0n) is 16.6. The van der Waals surface area contributed by atoms with Gasteiger partial charge in [0.1, 0.15) is 35.0 Å². The van der Waals surface area contributed by atoms with Gasteiger partial charge >= 0.3 is 0 Å². The van der Waals surface area contributed by atoms with Crippen LogP contribution in [-0.4, -0.2) is 37.8 Å². The number of nitrogens with zero attached hydrogens (tertiary/aromatic N) is 5. The van der Waals surface area contributed by atoms with E-state index in [1.807, 2.05) is 0 Å². The molecule has 11 heteroatoms. The fraction of sp³-hybridized carbons (Fsp3) is 0.143. The smallest absolute Gasteiger partial charge is 0.277 e. The molecule has 32 heavy (non-hydrogen) atoms. The van der Waals surface area contributed by atoms with E-state index in [1.54, 1.807) is 0 Å². The van der Waals surface area contributed by atoms with Gasteiger partial charge in [-0.15, -0.1) is 0 Å². The van der Waals surface area contributed by atoms with Gasteiger partial charge in [-0.3, -0.25) is 9.20 Å². The van der Waals surface area contributed by atoms with Crippen LogP contribution in [0.1, 0.15) is 0 Å². The molecule has 2 aromatic carbocycles. The van der Waals surface area contributed by atoms with Crippen LogP contribution in [0.5, 0.6) is 0 Å². The van der Waals surface area contributed by atoms with E-state index >= 15 is 0 Å². The molecule has 0 amide bonds. The molecule has 5 aromatic rings. The minimum Gasteiger partial charge on any atom is -0.383 e. The van der Waals surface area contributed by atoms with Crippen molar-refractivity contribution in [2.45, 2.75) is 6.54 Å². The van der Waals surface area contributed by atoms with Crippen LogP contribution in [0, 0.1) is 17.5 Å². The number of imidazole rings is 1. The van der Waals surface area contributed by atoms with Crippen LogP contribution in [0.2, 0.25) is 0 Å². The zero-order chi connectivity index (χ0) is 22.4. The summed E-state index contributed by atoms with van der Waals surface area (Å²) in [6.07, 6.45) is 1.39. The average Bonchev–Trinajstić information content (AvgIpc) is 3.41. The van der Waals surface area contributed by atoms with Crippen molar-refractivity contribution < 1.29 is 22.4 Å². The third kappa shape index (κ3) is 3.14. The molecule has 162 valence electrons. The largest absolute Gasteiger partial charge is 0.383 e. The lowest BCUT2D eigenvalue weighted by Gasteiger charge is -2.12. The molecule has 0 saturated heterocycles. The Morgan fingerprint density at radius 2 is 1.84 bits per heavy atom. The summed E-state index contributed by atoms with van der Waals surface area (Å²) in [6.45, 7) is 0.399. The van der Waals surface area contributed by atoms with Crippen molar-refractivity contribution in [3.63, 3.8) is 0 Å². The SMILES string of the molecule is COCCn1c(=O)c2c(-c3noc(-c4ccc(F)cc4F)n3)ncn2c2ccc(F)cc21. The first kappa shape index (κ1) is 19.9. The lowest BCUT2D eigenvalue weighted by Crippen LogP contribution is -2.25. The molecule has 0 radical (unpaired) electrons. The number of rotatable bonds is 5. The Morgan fingerprint density at radius 1 is 1.06 bits per heavy atom. The number of aromatic nitrogens is 5. The zero-order valence-corrected chi connectivity index (χ0v) is 16.6. The van der Waals surface area contributed by atoms with E-state index in [9.17, 15) is 18.0 Å². The minimum atomic E-state index is -0.871. The summed E-state index contributed by atoms with van der Waals surface area (Å²) in [5.74, 6) is -2.35. The number of halogens is 3. The third-order valence-corrected chi connectivity index (χ3v) is 5.02.